The van der Waals surface area contributed by atoms with Crippen LogP contribution in [0.15, 0.2) is 53.9 Å². The number of carbonyl (C=O) groups is 1. The molecule has 0 radical (unpaired) electrons. The molecule has 3 aromatic rings. The lowest BCUT2D eigenvalue weighted by Crippen LogP contribution is -2.46. The molecule has 10 heteroatoms. The first-order chi connectivity index (χ1) is 18.3. The monoisotopic (exact) mass is 574 g/mol. The summed E-state index contributed by atoms with van der Waals surface area (Å²) in [5.41, 5.74) is 2.96. The van der Waals surface area contributed by atoms with E-state index in [0.717, 1.165) is 30.5 Å². The fourth-order valence-corrected chi connectivity index (χ4v) is 5.87. The van der Waals surface area contributed by atoms with Crippen molar-refractivity contribution >= 4 is 40.9 Å². The Bertz CT molecular complexity index is 1260. The average Bonchev–Trinajstić information content (AvgIpc) is 3.29. The molecule has 2 heterocycles. The summed E-state index contributed by atoms with van der Waals surface area (Å²) in [6.07, 6.45) is 5.44. The van der Waals surface area contributed by atoms with Gasteiger partial charge in [-0.25, -0.2) is 9.97 Å². The normalized spacial score (nSPS) is 18.3. The van der Waals surface area contributed by atoms with Gasteiger partial charge in [-0.3, -0.25) is 4.79 Å². The SMILES string of the molecule is COc1ccc(-c2cnc(SCC(=O)NC(C)C3CC(Cc4ccc(Cl)c(Cl)c4)CN3C)nc2)cc1OC. The van der Waals surface area contributed by atoms with Crippen molar-refractivity contribution in [3.8, 4) is 22.6 Å². The van der Waals surface area contributed by atoms with E-state index in [0.29, 0.717) is 32.6 Å². The highest BCUT2D eigenvalue weighted by molar-refractivity contribution is 7.99. The zero-order valence-electron chi connectivity index (χ0n) is 21.9. The lowest BCUT2D eigenvalue weighted by atomic mass is 9.95. The fourth-order valence-electron chi connectivity index (χ4n) is 4.95. The van der Waals surface area contributed by atoms with Crippen molar-refractivity contribution in [3.05, 3.63) is 64.4 Å². The third kappa shape index (κ3) is 7.11. The number of nitrogens with zero attached hydrogens (tertiary/aromatic N) is 3. The maximum Gasteiger partial charge on any atom is 0.230 e. The van der Waals surface area contributed by atoms with Crippen LogP contribution in [0.5, 0.6) is 11.5 Å². The van der Waals surface area contributed by atoms with Gasteiger partial charge in [0.25, 0.3) is 0 Å². The lowest BCUT2D eigenvalue weighted by molar-refractivity contribution is -0.119. The molecule has 0 saturated carbocycles. The van der Waals surface area contributed by atoms with Crippen LogP contribution in [-0.4, -0.2) is 66.4 Å². The third-order valence-corrected chi connectivity index (χ3v) is 8.45. The van der Waals surface area contributed by atoms with Crippen LogP contribution in [0.2, 0.25) is 10.0 Å². The second kappa shape index (κ2) is 13.0. The molecule has 1 saturated heterocycles. The molecular weight excluding hydrogens is 543 g/mol. The van der Waals surface area contributed by atoms with Crippen LogP contribution in [0.25, 0.3) is 11.1 Å². The number of nitrogens with one attached hydrogen (secondary N) is 1. The summed E-state index contributed by atoms with van der Waals surface area (Å²) in [4.78, 5) is 23.9. The predicted molar refractivity (Wildman–Crippen MR) is 154 cm³/mol. The Balaban J connectivity index is 1.26. The van der Waals surface area contributed by atoms with Gasteiger partial charge in [0, 0.05) is 36.6 Å². The van der Waals surface area contributed by atoms with Gasteiger partial charge >= 0.3 is 0 Å². The van der Waals surface area contributed by atoms with E-state index in [1.54, 1.807) is 26.6 Å². The summed E-state index contributed by atoms with van der Waals surface area (Å²) in [7, 11) is 5.32. The summed E-state index contributed by atoms with van der Waals surface area (Å²) in [5, 5.41) is 4.88. The van der Waals surface area contributed by atoms with Gasteiger partial charge in [0.1, 0.15) is 0 Å². The van der Waals surface area contributed by atoms with Crippen molar-refractivity contribution in [3.63, 3.8) is 0 Å². The van der Waals surface area contributed by atoms with Crippen molar-refractivity contribution in [2.24, 2.45) is 5.92 Å². The zero-order chi connectivity index (χ0) is 27.2. The Morgan fingerprint density at radius 3 is 2.50 bits per heavy atom. The molecule has 0 bridgehead atoms. The highest BCUT2D eigenvalue weighted by Crippen LogP contribution is 2.32. The van der Waals surface area contributed by atoms with Crippen LogP contribution < -0.4 is 14.8 Å². The molecule has 1 aliphatic heterocycles. The number of likely N-dealkylation sites (tertiary alicyclic amines) is 1. The Kier molecular flexibility index (Phi) is 9.76. The highest BCUT2D eigenvalue weighted by Gasteiger charge is 2.33. The molecule has 4 rings (SSSR count). The fraction of sp³-hybridized carbons (Fsp3) is 0.393. The summed E-state index contributed by atoms with van der Waals surface area (Å²) in [5.74, 6) is 2.02. The Morgan fingerprint density at radius 1 is 1.08 bits per heavy atom. The van der Waals surface area contributed by atoms with Gasteiger partial charge < -0.3 is 19.7 Å². The number of rotatable bonds is 10. The van der Waals surface area contributed by atoms with Gasteiger partial charge in [-0.15, -0.1) is 0 Å². The molecule has 1 fully saturated rings. The number of hydrogen-bond acceptors (Lipinski definition) is 7. The molecule has 3 atom stereocenters. The van der Waals surface area contributed by atoms with Gasteiger partial charge in [0.05, 0.1) is 30.0 Å². The molecule has 202 valence electrons. The number of aromatic nitrogens is 2. The van der Waals surface area contributed by atoms with Crippen LogP contribution in [0.3, 0.4) is 0 Å². The minimum atomic E-state index is -0.0311. The number of thioether (sulfide) groups is 1. The van der Waals surface area contributed by atoms with E-state index in [2.05, 4.69) is 34.2 Å². The van der Waals surface area contributed by atoms with Crippen LogP contribution in [0.1, 0.15) is 18.9 Å². The van der Waals surface area contributed by atoms with Crippen molar-refractivity contribution < 1.29 is 14.3 Å². The first kappa shape index (κ1) is 28.5. The van der Waals surface area contributed by atoms with Crippen LogP contribution in [0.4, 0.5) is 0 Å². The summed E-state index contributed by atoms with van der Waals surface area (Å²) in [6, 6.07) is 11.8. The Hall–Kier alpha value is -2.52. The zero-order valence-corrected chi connectivity index (χ0v) is 24.2. The molecule has 38 heavy (non-hydrogen) atoms. The highest BCUT2D eigenvalue weighted by atomic mass is 35.5. The molecule has 0 aliphatic carbocycles. The number of ether oxygens (including phenoxy) is 2. The lowest BCUT2D eigenvalue weighted by Gasteiger charge is -2.26. The molecule has 2 aromatic carbocycles. The van der Waals surface area contributed by atoms with E-state index < -0.39 is 0 Å². The molecule has 1 N–H and O–H groups in total. The minimum Gasteiger partial charge on any atom is -0.493 e. The third-order valence-electron chi connectivity index (χ3n) is 6.84. The number of benzene rings is 2. The largest absolute Gasteiger partial charge is 0.493 e. The van der Waals surface area contributed by atoms with Crippen LogP contribution in [0, 0.1) is 5.92 Å². The van der Waals surface area contributed by atoms with Gasteiger partial charge in [-0.1, -0.05) is 47.1 Å². The Morgan fingerprint density at radius 2 is 1.82 bits per heavy atom. The van der Waals surface area contributed by atoms with Gasteiger partial charge in [0.2, 0.25) is 5.91 Å². The van der Waals surface area contributed by atoms with Crippen LogP contribution >= 0.6 is 35.0 Å². The number of methoxy groups -OCH3 is 2. The van der Waals surface area contributed by atoms with Crippen molar-refractivity contribution in [1.29, 1.82) is 0 Å². The molecule has 0 spiro atoms. The van der Waals surface area contributed by atoms with E-state index in [9.17, 15) is 4.79 Å². The van der Waals surface area contributed by atoms with E-state index in [4.69, 9.17) is 32.7 Å². The minimum absolute atomic E-state index is 0.0280. The number of carbonyl (C=O) groups excluding carboxylic acids is 1. The molecule has 1 aromatic heterocycles. The average molecular weight is 576 g/mol. The maximum absolute atomic E-state index is 12.7. The molecule has 7 nitrogen and oxygen atoms in total. The summed E-state index contributed by atoms with van der Waals surface area (Å²) >= 11 is 13.6. The van der Waals surface area contributed by atoms with E-state index in [-0.39, 0.29) is 23.7 Å². The van der Waals surface area contributed by atoms with Crippen molar-refractivity contribution in [2.45, 2.75) is 37.0 Å². The predicted octanol–water partition coefficient (Wildman–Crippen LogP) is 5.63. The number of hydrogen-bond donors (Lipinski definition) is 1. The van der Waals surface area contributed by atoms with E-state index in [1.807, 2.05) is 36.4 Å². The first-order valence-electron chi connectivity index (χ1n) is 12.4. The molecule has 1 amide bonds. The van der Waals surface area contributed by atoms with Crippen molar-refractivity contribution in [2.75, 3.05) is 33.6 Å². The van der Waals surface area contributed by atoms with E-state index in [1.165, 1.54) is 17.3 Å². The molecule has 3 unspecified atom stereocenters. The Labute approximate surface area is 238 Å². The number of halogens is 2. The van der Waals surface area contributed by atoms with Gasteiger partial charge in [-0.05, 0) is 68.1 Å². The van der Waals surface area contributed by atoms with E-state index >= 15 is 0 Å². The second-order valence-corrected chi connectivity index (χ2v) is 11.3. The second-order valence-electron chi connectivity index (χ2n) is 9.53. The quantitative estimate of drug-likeness (QED) is 0.248. The number of likely N-dealkylation sites (N-methyl/N-ethyl adjacent to an activating group) is 1. The molecule has 1 aliphatic rings. The molecular formula is C28H32Cl2N4O3S. The number of amides is 1. The van der Waals surface area contributed by atoms with Crippen molar-refractivity contribution in [1.82, 2.24) is 20.2 Å². The maximum atomic E-state index is 12.7. The first-order valence-corrected chi connectivity index (χ1v) is 14.1. The summed E-state index contributed by atoms with van der Waals surface area (Å²) in [6.45, 7) is 3.04. The smallest absolute Gasteiger partial charge is 0.230 e. The topological polar surface area (TPSA) is 76.6 Å². The standard InChI is InChI=1S/C28H32Cl2N4O3S/c1-17(24-11-19(15-34(24)2)9-18-5-7-22(29)23(30)10-18)33-27(35)16-38-28-31-13-21(14-32-28)20-6-8-25(36-3)26(12-20)37-4/h5-8,10,12-14,17,19,24H,9,11,15-16H2,1-4H3,(H,33,35). The van der Waals surface area contributed by atoms with Gasteiger partial charge in [-0.2, -0.15) is 0 Å². The van der Waals surface area contributed by atoms with Gasteiger partial charge in [0.15, 0.2) is 16.7 Å². The summed E-state index contributed by atoms with van der Waals surface area (Å²) < 4.78 is 10.7. The van der Waals surface area contributed by atoms with Crippen LogP contribution in [-0.2, 0) is 11.2 Å².